The van der Waals surface area contributed by atoms with Gasteiger partial charge in [0.05, 0.1) is 7.11 Å². The summed E-state index contributed by atoms with van der Waals surface area (Å²) in [6.45, 7) is 1.80. The summed E-state index contributed by atoms with van der Waals surface area (Å²) in [7, 11) is 4.62. The van der Waals surface area contributed by atoms with Crippen molar-refractivity contribution in [1.82, 2.24) is 0 Å². The second-order valence-electron chi connectivity index (χ2n) is 1.15. The smallest absolute Gasteiger partial charge is 0.271 e. The molecule has 0 fully saturated rings. The third-order valence-electron chi connectivity index (χ3n) is 0.631. The highest BCUT2D eigenvalue weighted by molar-refractivity contribution is 4.18. The fourth-order valence-corrected chi connectivity index (χ4v) is 0.320. The zero-order valence-corrected chi connectivity index (χ0v) is 5.22. The Kier molecular flexibility index (Phi) is 4.95. The molecule has 0 spiro atoms. The maximum absolute atomic E-state index is 4.83. The van der Waals surface area contributed by atoms with Crippen LogP contribution in [0.4, 0.5) is 0 Å². The van der Waals surface area contributed by atoms with E-state index >= 15 is 0 Å². The summed E-state index contributed by atoms with van der Waals surface area (Å²) < 4.78 is 13.9. The van der Waals surface area contributed by atoms with Gasteiger partial charge in [-0.15, -0.1) is 0 Å². The first-order valence-corrected chi connectivity index (χ1v) is 2.40. The molecule has 0 aromatic heterocycles. The number of rotatable bonds is 4. The van der Waals surface area contributed by atoms with Gasteiger partial charge in [-0.05, 0) is 6.92 Å². The molecule has 0 rings (SSSR count). The van der Waals surface area contributed by atoms with E-state index in [0.717, 1.165) is 0 Å². The van der Waals surface area contributed by atoms with Gasteiger partial charge < -0.3 is 14.2 Å². The van der Waals surface area contributed by atoms with Crippen LogP contribution >= 0.6 is 0 Å². The summed E-state index contributed by atoms with van der Waals surface area (Å²) >= 11 is 0. The molecule has 3 heteroatoms. The topological polar surface area (TPSA) is 27.7 Å². The number of methoxy groups -OCH3 is 1. The molecule has 49 valence electrons. The molecule has 0 bridgehead atoms. The number of ether oxygens (including phenoxy) is 3. The van der Waals surface area contributed by atoms with Gasteiger partial charge in [-0.2, -0.15) is 0 Å². The second kappa shape index (κ2) is 5.03. The van der Waals surface area contributed by atoms with Crippen molar-refractivity contribution in [1.29, 1.82) is 0 Å². The van der Waals surface area contributed by atoms with Crippen LogP contribution in [0.5, 0.6) is 0 Å². The van der Waals surface area contributed by atoms with Crippen molar-refractivity contribution in [3.05, 3.63) is 7.11 Å². The SMILES string of the molecule is [CH2]OC(OC)OCC. The van der Waals surface area contributed by atoms with Crippen LogP contribution in [0.3, 0.4) is 0 Å². The molecule has 0 aromatic rings. The molecule has 1 atom stereocenters. The lowest BCUT2D eigenvalue weighted by molar-refractivity contribution is -0.253. The van der Waals surface area contributed by atoms with Crippen LogP contribution in [-0.2, 0) is 14.2 Å². The molecule has 1 unspecified atom stereocenters. The zero-order valence-electron chi connectivity index (χ0n) is 5.22. The summed E-state index contributed by atoms with van der Waals surface area (Å²) in [4.78, 5) is 0. The van der Waals surface area contributed by atoms with E-state index in [2.05, 4.69) is 16.6 Å². The Balaban J connectivity index is 3.07. The minimum atomic E-state index is -0.611. The molecule has 0 aliphatic heterocycles. The van der Waals surface area contributed by atoms with E-state index in [4.69, 9.17) is 4.74 Å². The number of hydrogen-bond donors (Lipinski definition) is 0. The van der Waals surface area contributed by atoms with Crippen molar-refractivity contribution >= 4 is 0 Å². The monoisotopic (exact) mass is 119 g/mol. The zero-order chi connectivity index (χ0) is 6.41. The minimum Gasteiger partial charge on any atom is -0.333 e. The van der Waals surface area contributed by atoms with Crippen LogP contribution < -0.4 is 0 Å². The molecule has 8 heavy (non-hydrogen) atoms. The van der Waals surface area contributed by atoms with E-state index in [-0.39, 0.29) is 0 Å². The van der Waals surface area contributed by atoms with Crippen LogP contribution in [0.25, 0.3) is 0 Å². The molecule has 1 radical (unpaired) electrons. The molecular weight excluding hydrogens is 108 g/mol. The summed E-state index contributed by atoms with van der Waals surface area (Å²) in [5.74, 6) is 0. The molecule has 0 N–H and O–H groups in total. The lowest BCUT2D eigenvalue weighted by Gasteiger charge is -2.10. The molecular formula is C5H11O3. The Morgan fingerprint density at radius 2 is 2.25 bits per heavy atom. The van der Waals surface area contributed by atoms with Gasteiger partial charge >= 0.3 is 0 Å². The molecule has 0 saturated carbocycles. The standard InChI is InChI=1S/C5H11O3/c1-4-8-5(6-2)7-3/h5H,2,4H2,1,3H3. The van der Waals surface area contributed by atoms with Crippen LogP contribution in [-0.4, -0.2) is 20.2 Å². The van der Waals surface area contributed by atoms with Gasteiger partial charge in [-0.25, -0.2) is 0 Å². The predicted molar refractivity (Wildman–Crippen MR) is 28.9 cm³/mol. The predicted octanol–water partition coefficient (Wildman–Crippen LogP) is 0.761. The highest BCUT2D eigenvalue weighted by Gasteiger charge is 2.00. The summed E-state index contributed by atoms with van der Waals surface area (Å²) in [6, 6.07) is 0. The Hall–Kier alpha value is -0.120. The quantitative estimate of drug-likeness (QED) is 0.511. The molecule has 3 nitrogen and oxygen atoms in total. The first-order chi connectivity index (χ1) is 3.85. The Bertz CT molecular complexity index is 42.9. The normalized spacial score (nSPS) is 10.5. The largest absolute Gasteiger partial charge is 0.333 e. The number of hydrogen-bond acceptors (Lipinski definition) is 3. The van der Waals surface area contributed by atoms with Gasteiger partial charge in [0.2, 0.25) is 0 Å². The van der Waals surface area contributed by atoms with Crippen molar-refractivity contribution in [2.24, 2.45) is 0 Å². The van der Waals surface area contributed by atoms with Crippen molar-refractivity contribution < 1.29 is 14.2 Å². The first kappa shape index (κ1) is 7.88. The van der Waals surface area contributed by atoms with Gasteiger partial charge in [-0.3, -0.25) is 0 Å². The molecule has 0 amide bonds. The third kappa shape index (κ3) is 2.96. The lowest BCUT2D eigenvalue weighted by Crippen LogP contribution is -2.15. The van der Waals surface area contributed by atoms with Crippen molar-refractivity contribution in [2.75, 3.05) is 13.7 Å². The van der Waals surface area contributed by atoms with Gasteiger partial charge in [-0.1, -0.05) is 0 Å². The molecule has 0 saturated heterocycles. The fourth-order valence-electron chi connectivity index (χ4n) is 0.320. The Morgan fingerprint density at radius 3 is 2.38 bits per heavy atom. The Labute approximate surface area is 49.5 Å². The summed E-state index contributed by atoms with van der Waals surface area (Å²) in [6.07, 6.45) is 0. The molecule has 0 aromatic carbocycles. The Morgan fingerprint density at radius 1 is 1.62 bits per heavy atom. The fraction of sp³-hybridized carbons (Fsp3) is 0.800. The van der Waals surface area contributed by atoms with Crippen LogP contribution in [0, 0.1) is 7.11 Å². The van der Waals surface area contributed by atoms with Crippen LogP contribution in [0.1, 0.15) is 6.92 Å². The van der Waals surface area contributed by atoms with E-state index < -0.39 is 6.48 Å². The van der Waals surface area contributed by atoms with Gasteiger partial charge in [0, 0.05) is 13.7 Å². The van der Waals surface area contributed by atoms with Crippen molar-refractivity contribution in [2.45, 2.75) is 13.4 Å². The summed E-state index contributed by atoms with van der Waals surface area (Å²) in [5.41, 5.74) is 0. The van der Waals surface area contributed by atoms with Crippen LogP contribution in [0.2, 0.25) is 0 Å². The average Bonchev–Trinajstić information content (AvgIpc) is 1.83. The van der Waals surface area contributed by atoms with Gasteiger partial charge in [0.15, 0.2) is 0 Å². The van der Waals surface area contributed by atoms with E-state index in [1.165, 1.54) is 7.11 Å². The summed E-state index contributed by atoms with van der Waals surface area (Å²) in [5, 5.41) is 0. The van der Waals surface area contributed by atoms with E-state index in [0.29, 0.717) is 6.61 Å². The second-order valence-corrected chi connectivity index (χ2v) is 1.15. The third-order valence-corrected chi connectivity index (χ3v) is 0.631. The maximum Gasteiger partial charge on any atom is 0.271 e. The van der Waals surface area contributed by atoms with Crippen molar-refractivity contribution in [3.63, 3.8) is 0 Å². The highest BCUT2D eigenvalue weighted by Crippen LogP contribution is 1.91. The van der Waals surface area contributed by atoms with Gasteiger partial charge in [0.1, 0.15) is 0 Å². The lowest BCUT2D eigenvalue weighted by atomic mass is 10.9. The van der Waals surface area contributed by atoms with Crippen LogP contribution in [0.15, 0.2) is 0 Å². The van der Waals surface area contributed by atoms with E-state index in [1.807, 2.05) is 6.92 Å². The maximum atomic E-state index is 4.83. The van der Waals surface area contributed by atoms with Gasteiger partial charge in [0.25, 0.3) is 6.48 Å². The van der Waals surface area contributed by atoms with E-state index in [9.17, 15) is 0 Å². The molecule has 0 aliphatic rings. The van der Waals surface area contributed by atoms with E-state index in [1.54, 1.807) is 0 Å². The van der Waals surface area contributed by atoms with Crippen molar-refractivity contribution in [3.8, 4) is 0 Å². The molecule has 0 heterocycles. The minimum absolute atomic E-state index is 0.564. The highest BCUT2D eigenvalue weighted by atomic mass is 16.8. The molecule has 0 aliphatic carbocycles. The average molecular weight is 119 g/mol. The first-order valence-electron chi connectivity index (χ1n) is 2.40.